The van der Waals surface area contributed by atoms with Crippen molar-refractivity contribution in [2.75, 3.05) is 7.05 Å². The third-order valence-electron chi connectivity index (χ3n) is 4.00. The maximum atomic E-state index is 14.0. The number of nitrogens with one attached hydrogen (secondary N) is 2. The van der Waals surface area contributed by atoms with Gasteiger partial charge in [-0.25, -0.2) is 17.5 Å². The van der Waals surface area contributed by atoms with E-state index in [9.17, 15) is 12.8 Å². The Hall–Kier alpha value is -0.980. The number of sulfonamides is 1. The molecule has 2 atom stereocenters. The van der Waals surface area contributed by atoms with Gasteiger partial charge in [0.05, 0.1) is 4.90 Å². The third-order valence-corrected chi connectivity index (χ3v) is 5.50. The first-order valence-corrected chi connectivity index (χ1v) is 8.77. The van der Waals surface area contributed by atoms with Gasteiger partial charge in [0, 0.05) is 18.2 Å². The highest BCUT2D eigenvalue weighted by Crippen LogP contribution is 2.27. The first-order valence-electron chi connectivity index (χ1n) is 7.29. The molecule has 2 N–H and O–H groups in total. The second-order valence-electron chi connectivity index (χ2n) is 5.98. The second kappa shape index (κ2) is 6.42. The fourth-order valence-electron chi connectivity index (χ4n) is 2.88. The van der Waals surface area contributed by atoms with E-state index in [-0.39, 0.29) is 16.8 Å². The highest BCUT2D eigenvalue weighted by atomic mass is 32.2. The minimum Gasteiger partial charge on any atom is -0.316 e. The molecule has 0 heterocycles. The molecule has 1 aliphatic carbocycles. The van der Waals surface area contributed by atoms with Crippen LogP contribution in [-0.2, 0) is 16.6 Å². The first-order chi connectivity index (χ1) is 9.83. The van der Waals surface area contributed by atoms with E-state index in [1.165, 1.54) is 12.1 Å². The van der Waals surface area contributed by atoms with Crippen molar-refractivity contribution in [3.63, 3.8) is 0 Å². The molecule has 0 amide bonds. The van der Waals surface area contributed by atoms with Crippen LogP contribution >= 0.6 is 0 Å². The topological polar surface area (TPSA) is 58.2 Å². The summed E-state index contributed by atoms with van der Waals surface area (Å²) in [7, 11) is -1.89. The molecule has 2 rings (SSSR count). The maximum absolute atomic E-state index is 14.0. The molecular formula is C15H23FN2O2S. The number of hydrogen-bond donors (Lipinski definition) is 2. The van der Waals surface area contributed by atoms with Gasteiger partial charge in [-0.3, -0.25) is 0 Å². The smallest absolute Gasteiger partial charge is 0.240 e. The second-order valence-corrected chi connectivity index (χ2v) is 7.69. The van der Waals surface area contributed by atoms with Crippen LogP contribution in [0.1, 0.15) is 37.3 Å². The summed E-state index contributed by atoms with van der Waals surface area (Å²) in [5.41, 5.74) is 0.723. The lowest BCUT2D eigenvalue weighted by molar-refractivity contribution is 0.537. The van der Waals surface area contributed by atoms with Crippen molar-refractivity contribution in [3.8, 4) is 0 Å². The molecule has 0 saturated heterocycles. The van der Waals surface area contributed by atoms with Gasteiger partial charge >= 0.3 is 0 Å². The van der Waals surface area contributed by atoms with E-state index in [2.05, 4.69) is 17.0 Å². The fraction of sp³-hybridized carbons (Fsp3) is 0.600. The van der Waals surface area contributed by atoms with E-state index in [1.807, 2.05) is 0 Å². The molecule has 0 spiro atoms. The SMILES string of the molecule is CNCc1cc(S(=O)(=O)NC2CCC(C)C2)cc(C)c1F. The van der Waals surface area contributed by atoms with Crippen LogP contribution < -0.4 is 10.0 Å². The molecule has 118 valence electrons. The lowest BCUT2D eigenvalue weighted by Crippen LogP contribution is -2.33. The zero-order chi connectivity index (χ0) is 15.6. The number of aryl methyl sites for hydroxylation is 1. The summed E-state index contributed by atoms with van der Waals surface area (Å²) in [5.74, 6) is 0.199. The number of benzene rings is 1. The van der Waals surface area contributed by atoms with Crippen molar-refractivity contribution < 1.29 is 12.8 Å². The molecule has 6 heteroatoms. The lowest BCUT2D eigenvalue weighted by atomic mass is 10.1. The molecule has 0 aromatic heterocycles. The normalized spacial score (nSPS) is 22.7. The van der Waals surface area contributed by atoms with E-state index < -0.39 is 10.0 Å². The van der Waals surface area contributed by atoms with E-state index in [0.717, 1.165) is 19.3 Å². The molecule has 4 nitrogen and oxygen atoms in total. The number of halogens is 1. The van der Waals surface area contributed by atoms with Gasteiger partial charge in [0.1, 0.15) is 5.82 Å². The van der Waals surface area contributed by atoms with Crippen LogP contribution in [-0.4, -0.2) is 21.5 Å². The minimum absolute atomic E-state index is 0.0110. The highest BCUT2D eigenvalue weighted by Gasteiger charge is 2.27. The fourth-order valence-corrected chi connectivity index (χ4v) is 4.30. The summed E-state index contributed by atoms with van der Waals surface area (Å²) >= 11 is 0. The van der Waals surface area contributed by atoms with Gasteiger partial charge in [-0.15, -0.1) is 0 Å². The molecule has 1 aromatic rings. The Morgan fingerprint density at radius 3 is 2.62 bits per heavy atom. The first kappa shape index (κ1) is 16.4. The van der Waals surface area contributed by atoms with Crippen molar-refractivity contribution in [3.05, 3.63) is 29.1 Å². The molecule has 1 aromatic carbocycles. The molecule has 0 bridgehead atoms. The van der Waals surface area contributed by atoms with Crippen LogP contribution in [0.2, 0.25) is 0 Å². The van der Waals surface area contributed by atoms with Crippen LogP contribution in [0.4, 0.5) is 4.39 Å². The molecule has 0 radical (unpaired) electrons. The Morgan fingerprint density at radius 1 is 1.33 bits per heavy atom. The molecule has 2 unspecified atom stereocenters. The van der Waals surface area contributed by atoms with Crippen molar-refractivity contribution in [2.24, 2.45) is 5.92 Å². The molecule has 0 aliphatic heterocycles. The zero-order valence-electron chi connectivity index (χ0n) is 12.7. The number of hydrogen-bond acceptors (Lipinski definition) is 3. The van der Waals surface area contributed by atoms with Gasteiger partial charge in [0.15, 0.2) is 0 Å². The van der Waals surface area contributed by atoms with E-state index >= 15 is 0 Å². The maximum Gasteiger partial charge on any atom is 0.240 e. The van der Waals surface area contributed by atoms with Crippen molar-refractivity contribution in [1.82, 2.24) is 10.0 Å². The Morgan fingerprint density at radius 2 is 2.05 bits per heavy atom. The quantitative estimate of drug-likeness (QED) is 0.877. The van der Waals surface area contributed by atoms with E-state index in [4.69, 9.17) is 0 Å². The molecule has 1 aliphatic rings. The summed E-state index contributed by atoms with van der Waals surface area (Å²) in [5, 5.41) is 2.85. The van der Waals surface area contributed by atoms with Crippen LogP contribution in [0.3, 0.4) is 0 Å². The van der Waals surface area contributed by atoms with Gasteiger partial charge in [-0.1, -0.05) is 6.92 Å². The van der Waals surface area contributed by atoms with Crippen molar-refractivity contribution in [2.45, 2.75) is 50.6 Å². The molecule has 21 heavy (non-hydrogen) atoms. The predicted molar refractivity (Wildman–Crippen MR) is 81.0 cm³/mol. The summed E-state index contributed by atoms with van der Waals surface area (Å²) < 4.78 is 41.6. The Kier molecular flexibility index (Phi) is 5.01. The predicted octanol–water partition coefficient (Wildman–Crippen LogP) is 2.32. The number of rotatable bonds is 5. The molecule has 1 fully saturated rings. The Bertz CT molecular complexity index is 616. The van der Waals surface area contributed by atoms with Gasteiger partial charge in [-0.05, 0) is 56.8 Å². The highest BCUT2D eigenvalue weighted by molar-refractivity contribution is 7.89. The largest absolute Gasteiger partial charge is 0.316 e. The van der Waals surface area contributed by atoms with Gasteiger partial charge in [0.2, 0.25) is 10.0 Å². The van der Waals surface area contributed by atoms with E-state index in [0.29, 0.717) is 23.6 Å². The lowest BCUT2D eigenvalue weighted by Gasteiger charge is -2.15. The molecular weight excluding hydrogens is 291 g/mol. The van der Waals surface area contributed by atoms with Crippen molar-refractivity contribution >= 4 is 10.0 Å². The molecule has 1 saturated carbocycles. The monoisotopic (exact) mass is 314 g/mol. The summed E-state index contributed by atoms with van der Waals surface area (Å²) in [6.07, 6.45) is 2.77. The van der Waals surface area contributed by atoms with Crippen LogP contribution in [0.5, 0.6) is 0 Å². The van der Waals surface area contributed by atoms with Gasteiger partial charge < -0.3 is 5.32 Å². The van der Waals surface area contributed by atoms with Crippen LogP contribution in [0.25, 0.3) is 0 Å². The Balaban J connectivity index is 2.27. The zero-order valence-corrected chi connectivity index (χ0v) is 13.6. The summed E-state index contributed by atoms with van der Waals surface area (Å²) in [6, 6.07) is 2.80. The van der Waals surface area contributed by atoms with Crippen LogP contribution in [0, 0.1) is 18.7 Å². The van der Waals surface area contributed by atoms with Crippen LogP contribution in [0.15, 0.2) is 17.0 Å². The van der Waals surface area contributed by atoms with Crippen molar-refractivity contribution in [1.29, 1.82) is 0 Å². The standard InChI is InChI=1S/C15H23FN2O2S/c1-10-4-5-13(6-10)18-21(19,20)14-7-11(2)15(16)12(8-14)9-17-3/h7-8,10,13,17-18H,4-6,9H2,1-3H3. The average Bonchev–Trinajstić information content (AvgIpc) is 2.79. The average molecular weight is 314 g/mol. The minimum atomic E-state index is -3.59. The van der Waals surface area contributed by atoms with E-state index in [1.54, 1.807) is 14.0 Å². The summed E-state index contributed by atoms with van der Waals surface area (Å²) in [4.78, 5) is 0.145. The van der Waals surface area contributed by atoms with Gasteiger partial charge in [0.25, 0.3) is 0 Å². The van der Waals surface area contributed by atoms with Gasteiger partial charge in [-0.2, -0.15) is 0 Å². The summed E-state index contributed by atoms with van der Waals surface area (Å²) in [6.45, 7) is 4.02. The Labute approximate surface area is 126 Å². The third kappa shape index (κ3) is 3.81.